The number of pyridine rings is 1. The number of rotatable bonds is 4. The predicted molar refractivity (Wildman–Crippen MR) is 81.7 cm³/mol. The van der Waals surface area contributed by atoms with Crippen LogP contribution in [0.25, 0.3) is 0 Å². The van der Waals surface area contributed by atoms with Gasteiger partial charge in [-0.3, -0.25) is 9.78 Å². The van der Waals surface area contributed by atoms with Crippen LogP contribution < -0.4 is 10.2 Å². The third-order valence-electron chi connectivity index (χ3n) is 2.55. The van der Waals surface area contributed by atoms with Crippen molar-refractivity contribution in [2.75, 3.05) is 7.11 Å². The van der Waals surface area contributed by atoms with Crippen LogP contribution in [-0.2, 0) is 0 Å². The number of carbonyl (C=O) groups excluding carboxylic acids is 1. The average molecular weight is 350 g/mol. The molecular weight excluding hydrogens is 338 g/mol. The van der Waals surface area contributed by atoms with Crippen molar-refractivity contribution in [3.63, 3.8) is 0 Å². The number of carbonyl (C=O) groups is 1. The van der Waals surface area contributed by atoms with Crippen LogP contribution in [-0.4, -0.2) is 29.3 Å². The number of aromatic nitrogens is 1. The Morgan fingerprint density at radius 1 is 1.48 bits per heavy atom. The fourth-order valence-electron chi connectivity index (χ4n) is 1.54. The number of hydrogen-bond acceptors (Lipinski definition) is 5. The van der Waals surface area contributed by atoms with Gasteiger partial charge in [-0.15, -0.1) is 0 Å². The first-order valence-electron chi connectivity index (χ1n) is 5.92. The van der Waals surface area contributed by atoms with E-state index in [9.17, 15) is 9.90 Å². The molecule has 1 heterocycles. The Labute approximate surface area is 129 Å². The van der Waals surface area contributed by atoms with E-state index in [-0.39, 0.29) is 11.4 Å². The Morgan fingerprint density at radius 2 is 2.29 bits per heavy atom. The Hall–Kier alpha value is -2.41. The Bertz CT molecular complexity index is 675. The van der Waals surface area contributed by atoms with Crippen molar-refractivity contribution in [3.8, 4) is 11.5 Å². The first kappa shape index (κ1) is 15.0. The summed E-state index contributed by atoms with van der Waals surface area (Å²) in [6.45, 7) is 0. The molecular formula is C14H12BrN3O3. The van der Waals surface area contributed by atoms with Gasteiger partial charge in [0, 0.05) is 6.20 Å². The molecule has 0 saturated heterocycles. The summed E-state index contributed by atoms with van der Waals surface area (Å²) in [5, 5.41) is 13.5. The lowest BCUT2D eigenvalue weighted by atomic mass is 10.2. The molecule has 7 heteroatoms. The van der Waals surface area contributed by atoms with Gasteiger partial charge in [0.15, 0.2) is 11.5 Å². The fraction of sp³-hybridized carbons (Fsp3) is 0.0714. The van der Waals surface area contributed by atoms with Crippen molar-refractivity contribution >= 4 is 28.1 Å². The molecule has 2 aromatic rings. The van der Waals surface area contributed by atoms with Gasteiger partial charge in [0.2, 0.25) is 0 Å². The van der Waals surface area contributed by atoms with E-state index in [1.807, 2.05) is 0 Å². The quantitative estimate of drug-likeness (QED) is 0.655. The zero-order chi connectivity index (χ0) is 15.2. The largest absolute Gasteiger partial charge is 0.503 e. The van der Waals surface area contributed by atoms with E-state index in [1.54, 1.807) is 30.3 Å². The molecule has 0 radical (unpaired) electrons. The van der Waals surface area contributed by atoms with Gasteiger partial charge in [-0.2, -0.15) is 5.10 Å². The maximum Gasteiger partial charge on any atom is 0.289 e. The van der Waals surface area contributed by atoms with Crippen molar-refractivity contribution in [2.24, 2.45) is 5.10 Å². The van der Waals surface area contributed by atoms with Crippen LogP contribution in [0.3, 0.4) is 0 Å². The van der Waals surface area contributed by atoms with E-state index >= 15 is 0 Å². The fourth-order valence-corrected chi connectivity index (χ4v) is 2.00. The lowest BCUT2D eigenvalue weighted by Crippen LogP contribution is -2.18. The first-order chi connectivity index (χ1) is 10.1. The molecule has 0 aliphatic rings. The van der Waals surface area contributed by atoms with Gasteiger partial charge >= 0.3 is 0 Å². The summed E-state index contributed by atoms with van der Waals surface area (Å²) in [5.74, 6) is -0.0919. The Kier molecular flexibility index (Phi) is 4.89. The molecule has 0 bridgehead atoms. The van der Waals surface area contributed by atoms with Gasteiger partial charge in [-0.1, -0.05) is 6.07 Å². The SMILES string of the molecule is COc1cc(/C=N/NC(=O)c2ccccn2)cc(Br)c1O. The third kappa shape index (κ3) is 3.79. The molecule has 108 valence electrons. The average Bonchev–Trinajstić information content (AvgIpc) is 2.51. The highest BCUT2D eigenvalue weighted by molar-refractivity contribution is 9.10. The minimum atomic E-state index is -0.406. The molecule has 1 aromatic heterocycles. The monoisotopic (exact) mass is 349 g/mol. The van der Waals surface area contributed by atoms with Crippen LogP contribution in [0.5, 0.6) is 11.5 Å². The minimum Gasteiger partial charge on any atom is -0.503 e. The first-order valence-corrected chi connectivity index (χ1v) is 6.72. The van der Waals surface area contributed by atoms with Gasteiger partial charge in [-0.25, -0.2) is 5.43 Å². The van der Waals surface area contributed by atoms with Gasteiger partial charge in [0.05, 0.1) is 17.8 Å². The van der Waals surface area contributed by atoms with Gasteiger partial charge in [-0.05, 0) is 45.8 Å². The zero-order valence-electron chi connectivity index (χ0n) is 11.1. The number of phenolic OH excluding ortho intramolecular Hbond substituents is 1. The van der Waals surface area contributed by atoms with Gasteiger partial charge < -0.3 is 9.84 Å². The number of methoxy groups -OCH3 is 1. The number of aromatic hydroxyl groups is 1. The lowest BCUT2D eigenvalue weighted by Gasteiger charge is -2.06. The highest BCUT2D eigenvalue weighted by Gasteiger charge is 2.08. The summed E-state index contributed by atoms with van der Waals surface area (Å²) in [7, 11) is 1.45. The number of nitrogens with zero attached hydrogens (tertiary/aromatic N) is 2. The molecule has 0 fully saturated rings. The van der Waals surface area contributed by atoms with E-state index in [0.29, 0.717) is 15.8 Å². The summed E-state index contributed by atoms with van der Waals surface area (Å²) in [5.41, 5.74) is 3.30. The second kappa shape index (κ2) is 6.85. The molecule has 1 aromatic carbocycles. The summed E-state index contributed by atoms with van der Waals surface area (Å²) >= 11 is 3.21. The number of ether oxygens (including phenoxy) is 1. The van der Waals surface area contributed by atoms with Crippen LogP contribution in [0.1, 0.15) is 16.1 Å². The van der Waals surface area contributed by atoms with Gasteiger partial charge in [0.25, 0.3) is 5.91 Å². The second-order valence-corrected chi connectivity index (χ2v) is 4.82. The third-order valence-corrected chi connectivity index (χ3v) is 3.15. The Balaban J connectivity index is 2.08. The summed E-state index contributed by atoms with van der Waals surface area (Å²) in [6, 6.07) is 8.27. The molecule has 0 aliphatic heterocycles. The number of phenols is 1. The molecule has 2 N–H and O–H groups in total. The smallest absolute Gasteiger partial charge is 0.289 e. The van der Waals surface area contributed by atoms with Crippen LogP contribution in [0.2, 0.25) is 0 Å². The normalized spacial score (nSPS) is 10.6. The highest BCUT2D eigenvalue weighted by Crippen LogP contribution is 2.34. The van der Waals surface area contributed by atoms with E-state index in [0.717, 1.165) is 0 Å². The van der Waals surface area contributed by atoms with E-state index in [1.165, 1.54) is 19.5 Å². The Morgan fingerprint density at radius 3 is 2.95 bits per heavy atom. The number of hydrogen-bond donors (Lipinski definition) is 2. The van der Waals surface area contributed by atoms with Gasteiger partial charge in [0.1, 0.15) is 5.69 Å². The lowest BCUT2D eigenvalue weighted by molar-refractivity contribution is 0.0950. The summed E-state index contributed by atoms with van der Waals surface area (Å²) in [6.07, 6.45) is 2.97. The second-order valence-electron chi connectivity index (χ2n) is 3.97. The molecule has 0 unspecified atom stereocenters. The highest BCUT2D eigenvalue weighted by atomic mass is 79.9. The number of amides is 1. The van der Waals surface area contributed by atoms with Crippen molar-refractivity contribution in [1.29, 1.82) is 0 Å². The minimum absolute atomic E-state index is 0.00664. The zero-order valence-corrected chi connectivity index (χ0v) is 12.7. The van der Waals surface area contributed by atoms with Crippen molar-refractivity contribution in [2.45, 2.75) is 0 Å². The molecule has 0 saturated carbocycles. The number of hydrazone groups is 1. The summed E-state index contributed by atoms with van der Waals surface area (Å²) < 4.78 is 5.50. The molecule has 21 heavy (non-hydrogen) atoms. The summed E-state index contributed by atoms with van der Waals surface area (Å²) in [4.78, 5) is 15.6. The molecule has 1 amide bonds. The number of benzene rings is 1. The van der Waals surface area contributed by atoms with E-state index in [2.05, 4.69) is 31.4 Å². The maximum atomic E-state index is 11.7. The standard InChI is InChI=1S/C14H12BrN3O3/c1-21-12-7-9(6-10(15)13(12)19)8-17-18-14(20)11-4-2-3-5-16-11/h2-8,19H,1H3,(H,18,20)/b17-8+. The number of halogens is 1. The van der Waals surface area contributed by atoms with Crippen LogP contribution in [0, 0.1) is 0 Å². The van der Waals surface area contributed by atoms with Crippen molar-refractivity contribution < 1.29 is 14.6 Å². The van der Waals surface area contributed by atoms with E-state index in [4.69, 9.17) is 4.74 Å². The molecule has 0 spiro atoms. The van der Waals surface area contributed by atoms with Crippen molar-refractivity contribution in [3.05, 3.63) is 52.3 Å². The van der Waals surface area contributed by atoms with Crippen LogP contribution in [0.4, 0.5) is 0 Å². The van der Waals surface area contributed by atoms with Crippen LogP contribution >= 0.6 is 15.9 Å². The van der Waals surface area contributed by atoms with Crippen molar-refractivity contribution in [1.82, 2.24) is 10.4 Å². The van der Waals surface area contributed by atoms with Crippen LogP contribution in [0.15, 0.2) is 46.1 Å². The number of nitrogens with one attached hydrogen (secondary N) is 1. The maximum absolute atomic E-state index is 11.7. The molecule has 0 aliphatic carbocycles. The molecule has 0 atom stereocenters. The molecule has 2 rings (SSSR count). The molecule has 6 nitrogen and oxygen atoms in total. The topological polar surface area (TPSA) is 83.8 Å². The predicted octanol–water partition coefficient (Wildman–Crippen LogP) is 2.32. The van der Waals surface area contributed by atoms with E-state index < -0.39 is 5.91 Å².